The van der Waals surface area contributed by atoms with Crippen LogP contribution in [0.1, 0.15) is 55.2 Å². The summed E-state index contributed by atoms with van der Waals surface area (Å²) < 4.78 is 10.9. The quantitative estimate of drug-likeness (QED) is 0.414. The molecule has 0 aliphatic carbocycles. The standard InChI is InChI=1S/C26H30N2O5S/c1-5-22-24(26(30)31)27-23(34-22)16-28(13-9-12-18-10-7-6-8-11-18)25(29)19-14-20(32-3)17(2)21(15-19)33-4/h6-8,10-11,14-15H,5,9,12-13,16H2,1-4H3,(H,30,31). The molecule has 0 unspecified atom stereocenters. The number of hydrogen-bond donors (Lipinski definition) is 1. The summed E-state index contributed by atoms with van der Waals surface area (Å²) in [7, 11) is 3.12. The molecule has 2 aromatic carbocycles. The van der Waals surface area contributed by atoms with Gasteiger partial charge < -0.3 is 19.5 Å². The van der Waals surface area contributed by atoms with E-state index in [4.69, 9.17) is 9.47 Å². The van der Waals surface area contributed by atoms with Crippen LogP contribution < -0.4 is 9.47 Å². The lowest BCUT2D eigenvalue weighted by atomic mass is 10.1. The highest BCUT2D eigenvalue weighted by atomic mass is 32.1. The SMILES string of the molecule is CCc1sc(CN(CCCc2ccccc2)C(=O)c2cc(OC)c(C)c(OC)c2)nc1C(=O)O. The molecule has 0 atom stereocenters. The number of carbonyl (C=O) groups excluding carboxylic acids is 1. The molecule has 1 aromatic heterocycles. The molecule has 34 heavy (non-hydrogen) atoms. The Morgan fingerprint density at radius 3 is 2.26 bits per heavy atom. The van der Waals surface area contributed by atoms with Crippen LogP contribution in [0.4, 0.5) is 0 Å². The number of ether oxygens (including phenoxy) is 2. The van der Waals surface area contributed by atoms with Crippen LogP contribution in [0.25, 0.3) is 0 Å². The van der Waals surface area contributed by atoms with Crippen molar-refractivity contribution in [1.82, 2.24) is 9.88 Å². The van der Waals surface area contributed by atoms with Gasteiger partial charge in [-0.1, -0.05) is 37.3 Å². The minimum atomic E-state index is -1.05. The van der Waals surface area contributed by atoms with Gasteiger partial charge in [0.15, 0.2) is 5.69 Å². The molecule has 0 saturated carbocycles. The van der Waals surface area contributed by atoms with Crippen molar-refractivity contribution < 1.29 is 24.2 Å². The monoisotopic (exact) mass is 482 g/mol. The van der Waals surface area contributed by atoms with Crippen molar-refractivity contribution in [3.63, 3.8) is 0 Å². The smallest absolute Gasteiger partial charge is 0.355 e. The molecular formula is C26H30N2O5S. The summed E-state index contributed by atoms with van der Waals surface area (Å²) in [5.74, 6) is -0.0886. The zero-order valence-corrected chi connectivity index (χ0v) is 20.8. The number of thiazole rings is 1. The van der Waals surface area contributed by atoms with Gasteiger partial charge in [0.2, 0.25) is 0 Å². The molecule has 1 amide bonds. The average molecular weight is 483 g/mol. The van der Waals surface area contributed by atoms with Crippen molar-refractivity contribution in [2.75, 3.05) is 20.8 Å². The number of aromatic nitrogens is 1. The number of aryl methyl sites for hydroxylation is 2. The maximum atomic E-state index is 13.6. The Morgan fingerprint density at radius 2 is 1.74 bits per heavy atom. The number of benzene rings is 2. The summed E-state index contributed by atoms with van der Waals surface area (Å²) in [5, 5.41) is 10.1. The molecule has 0 saturated heterocycles. The minimum Gasteiger partial charge on any atom is -0.496 e. The first-order valence-corrected chi connectivity index (χ1v) is 12.0. The molecule has 0 aliphatic heterocycles. The van der Waals surface area contributed by atoms with E-state index in [1.165, 1.54) is 16.9 Å². The van der Waals surface area contributed by atoms with Gasteiger partial charge in [-0.15, -0.1) is 11.3 Å². The number of rotatable bonds is 11. The van der Waals surface area contributed by atoms with Gasteiger partial charge >= 0.3 is 5.97 Å². The van der Waals surface area contributed by atoms with E-state index in [1.54, 1.807) is 31.3 Å². The van der Waals surface area contributed by atoms with Gasteiger partial charge in [-0.3, -0.25) is 4.79 Å². The molecule has 180 valence electrons. The lowest BCUT2D eigenvalue weighted by Crippen LogP contribution is -2.32. The third-order valence-corrected chi connectivity index (χ3v) is 6.80. The number of carboxylic acid groups (broad SMARTS) is 1. The molecule has 8 heteroatoms. The lowest BCUT2D eigenvalue weighted by Gasteiger charge is -2.23. The second-order valence-corrected chi connectivity index (χ2v) is 9.03. The van der Waals surface area contributed by atoms with Gasteiger partial charge in [0.1, 0.15) is 16.5 Å². The van der Waals surface area contributed by atoms with E-state index in [-0.39, 0.29) is 18.1 Å². The molecular weight excluding hydrogens is 452 g/mol. The summed E-state index contributed by atoms with van der Waals surface area (Å²) in [4.78, 5) is 31.9. The minimum absolute atomic E-state index is 0.0675. The highest BCUT2D eigenvalue weighted by molar-refractivity contribution is 7.11. The van der Waals surface area contributed by atoms with Crippen molar-refractivity contribution in [1.29, 1.82) is 0 Å². The van der Waals surface area contributed by atoms with Crippen LogP contribution in [0, 0.1) is 6.92 Å². The molecule has 0 aliphatic rings. The summed E-state index contributed by atoms with van der Waals surface area (Å²) >= 11 is 1.34. The van der Waals surface area contributed by atoms with Crippen LogP contribution in [0.2, 0.25) is 0 Å². The van der Waals surface area contributed by atoms with Gasteiger partial charge in [-0.25, -0.2) is 9.78 Å². The Hall–Kier alpha value is -3.39. The number of aromatic carboxylic acids is 1. The molecule has 1 heterocycles. The maximum Gasteiger partial charge on any atom is 0.355 e. The largest absolute Gasteiger partial charge is 0.496 e. The summed E-state index contributed by atoms with van der Waals surface area (Å²) in [6.45, 7) is 4.50. The highest BCUT2D eigenvalue weighted by Gasteiger charge is 2.23. The highest BCUT2D eigenvalue weighted by Crippen LogP contribution is 2.30. The average Bonchev–Trinajstić information content (AvgIpc) is 3.27. The summed E-state index contributed by atoms with van der Waals surface area (Å²) in [6, 6.07) is 13.5. The van der Waals surface area contributed by atoms with Crippen LogP contribution in [0.3, 0.4) is 0 Å². The van der Waals surface area contributed by atoms with E-state index in [9.17, 15) is 14.7 Å². The van der Waals surface area contributed by atoms with Crippen molar-refractivity contribution in [2.45, 2.75) is 39.7 Å². The fourth-order valence-electron chi connectivity index (χ4n) is 3.80. The van der Waals surface area contributed by atoms with Crippen molar-refractivity contribution in [2.24, 2.45) is 0 Å². The van der Waals surface area contributed by atoms with Crippen LogP contribution in [-0.2, 0) is 19.4 Å². The van der Waals surface area contributed by atoms with Crippen LogP contribution in [0.5, 0.6) is 11.5 Å². The van der Waals surface area contributed by atoms with Crippen LogP contribution in [0.15, 0.2) is 42.5 Å². The first-order chi connectivity index (χ1) is 16.4. The topological polar surface area (TPSA) is 89.0 Å². The van der Waals surface area contributed by atoms with Gasteiger partial charge in [-0.2, -0.15) is 0 Å². The normalized spacial score (nSPS) is 10.7. The van der Waals surface area contributed by atoms with Crippen LogP contribution in [-0.4, -0.2) is 47.6 Å². The number of carboxylic acids is 1. The van der Waals surface area contributed by atoms with E-state index < -0.39 is 5.97 Å². The number of carbonyl (C=O) groups is 2. The summed E-state index contributed by atoms with van der Waals surface area (Å²) in [5.41, 5.74) is 2.53. The van der Waals surface area contributed by atoms with E-state index in [2.05, 4.69) is 17.1 Å². The molecule has 1 N–H and O–H groups in total. The fourth-order valence-corrected chi connectivity index (χ4v) is 4.82. The van der Waals surface area contributed by atoms with E-state index in [1.807, 2.05) is 32.0 Å². The van der Waals surface area contributed by atoms with Crippen molar-refractivity contribution >= 4 is 23.2 Å². The second-order valence-electron chi connectivity index (χ2n) is 7.86. The Morgan fingerprint density at radius 1 is 1.09 bits per heavy atom. The number of methoxy groups -OCH3 is 2. The van der Waals surface area contributed by atoms with Gasteiger partial charge in [0.25, 0.3) is 5.91 Å². The zero-order valence-electron chi connectivity index (χ0n) is 20.0. The van der Waals surface area contributed by atoms with Gasteiger partial charge in [0, 0.05) is 22.5 Å². The van der Waals surface area contributed by atoms with Crippen LogP contribution >= 0.6 is 11.3 Å². The van der Waals surface area contributed by atoms with Gasteiger partial charge in [-0.05, 0) is 43.9 Å². The Kier molecular flexibility index (Phi) is 8.65. The van der Waals surface area contributed by atoms with E-state index in [0.29, 0.717) is 39.9 Å². The summed E-state index contributed by atoms with van der Waals surface area (Å²) in [6.07, 6.45) is 2.16. The van der Waals surface area contributed by atoms with E-state index >= 15 is 0 Å². The number of nitrogens with zero attached hydrogens (tertiary/aromatic N) is 2. The second kappa shape index (κ2) is 11.7. The Labute approximate surface area is 204 Å². The van der Waals surface area contributed by atoms with Gasteiger partial charge in [0.05, 0.1) is 20.8 Å². The molecule has 0 fully saturated rings. The lowest BCUT2D eigenvalue weighted by molar-refractivity contribution is 0.0690. The Balaban J connectivity index is 1.89. The zero-order chi connectivity index (χ0) is 24.7. The molecule has 3 rings (SSSR count). The molecule has 0 bridgehead atoms. The fraction of sp³-hybridized carbons (Fsp3) is 0.346. The predicted molar refractivity (Wildman–Crippen MR) is 132 cm³/mol. The molecule has 7 nitrogen and oxygen atoms in total. The van der Waals surface area contributed by atoms with Crippen molar-refractivity contribution in [3.05, 3.63) is 74.7 Å². The molecule has 3 aromatic rings. The predicted octanol–water partition coefficient (Wildman–Crippen LogP) is 5.00. The molecule has 0 spiro atoms. The van der Waals surface area contributed by atoms with E-state index in [0.717, 1.165) is 18.4 Å². The third kappa shape index (κ3) is 5.94. The first-order valence-electron chi connectivity index (χ1n) is 11.2. The third-order valence-electron chi connectivity index (χ3n) is 5.61. The Bertz CT molecular complexity index is 1120. The van der Waals surface area contributed by atoms with Crippen molar-refractivity contribution in [3.8, 4) is 11.5 Å². The maximum absolute atomic E-state index is 13.6. The number of amides is 1. The number of hydrogen-bond acceptors (Lipinski definition) is 6. The first kappa shape index (κ1) is 25.2. The molecule has 0 radical (unpaired) electrons.